The van der Waals surface area contributed by atoms with Crippen molar-refractivity contribution in [2.45, 2.75) is 18.8 Å². The van der Waals surface area contributed by atoms with Gasteiger partial charge in [-0.05, 0) is 25.1 Å². The molecule has 2 aliphatic heterocycles. The SMILES string of the molecule is C[C@H]1CN2CC(=O)Nc3ccc(Cl)cc3[C@@]2(c2ccccc2)O1. The molecule has 4 rings (SSSR count). The molecule has 0 saturated carbocycles. The topological polar surface area (TPSA) is 41.6 Å². The van der Waals surface area contributed by atoms with Gasteiger partial charge in [-0.3, -0.25) is 9.69 Å². The molecule has 1 N–H and O–H groups in total. The van der Waals surface area contributed by atoms with Gasteiger partial charge in [0.15, 0.2) is 5.72 Å². The molecule has 2 aromatic carbocycles. The highest BCUT2D eigenvalue weighted by atomic mass is 35.5. The second kappa shape index (κ2) is 5.34. The normalized spacial score (nSPS) is 27.0. The van der Waals surface area contributed by atoms with Crippen LogP contribution in [0.4, 0.5) is 5.69 Å². The third kappa shape index (κ3) is 2.26. The van der Waals surface area contributed by atoms with Crippen LogP contribution < -0.4 is 5.32 Å². The zero-order valence-corrected chi connectivity index (χ0v) is 13.5. The minimum Gasteiger partial charge on any atom is -0.347 e. The van der Waals surface area contributed by atoms with Crippen LogP contribution in [0, 0.1) is 0 Å². The van der Waals surface area contributed by atoms with Crippen molar-refractivity contribution in [1.82, 2.24) is 4.90 Å². The van der Waals surface area contributed by atoms with Gasteiger partial charge in [0.2, 0.25) is 5.91 Å². The highest BCUT2D eigenvalue weighted by molar-refractivity contribution is 6.30. The summed E-state index contributed by atoms with van der Waals surface area (Å²) in [4.78, 5) is 14.4. The van der Waals surface area contributed by atoms with Crippen molar-refractivity contribution >= 4 is 23.2 Å². The number of carbonyl (C=O) groups excluding carboxylic acids is 1. The van der Waals surface area contributed by atoms with Gasteiger partial charge in [-0.2, -0.15) is 0 Å². The molecule has 2 aliphatic rings. The summed E-state index contributed by atoms with van der Waals surface area (Å²) in [5.41, 5.74) is 1.84. The fourth-order valence-corrected chi connectivity index (χ4v) is 3.76. The van der Waals surface area contributed by atoms with E-state index in [2.05, 4.69) is 10.2 Å². The summed E-state index contributed by atoms with van der Waals surface area (Å²) < 4.78 is 6.42. The van der Waals surface area contributed by atoms with Crippen molar-refractivity contribution in [3.05, 3.63) is 64.7 Å². The van der Waals surface area contributed by atoms with Crippen LogP contribution in [-0.4, -0.2) is 30.0 Å². The monoisotopic (exact) mass is 328 g/mol. The maximum Gasteiger partial charge on any atom is 0.238 e. The van der Waals surface area contributed by atoms with Crippen LogP contribution in [0.15, 0.2) is 48.5 Å². The molecule has 0 radical (unpaired) electrons. The molecule has 23 heavy (non-hydrogen) atoms. The van der Waals surface area contributed by atoms with E-state index in [4.69, 9.17) is 16.3 Å². The molecule has 0 bridgehead atoms. The Hall–Kier alpha value is -1.88. The molecule has 2 heterocycles. The number of anilines is 1. The van der Waals surface area contributed by atoms with Gasteiger partial charge in [0.25, 0.3) is 0 Å². The Morgan fingerprint density at radius 1 is 1.26 bits per heavy atom. The summed E-state index contributed by atoms with van der Waals surface area (Å²) >= 11 is 6.26. The Bertz CT molecular complexity index is 765. The molecule has 2 aromatic rings. The Balaban J connectivity index is 2.02. The number of halogens is 1. The molecule has 0 aromatic heterocycles. The second-order valence-corrected chi connectivity index (χ2v) is 6.49. The van der Waals surface area contributed by atoms with E-state index in [0.717, 1.165) is 16.8 Å². The molecule has 2 atom stereocenters. The second-order valence-electron chi connectivity index (χ2n) is 6.06. The first kappa shape index (κ1) is 14.7. The minimum absolute atomic E-state index is 0.0212. The number of fused-ring (bicyclic) bond motifs is 3. The number of ether oxygens (including phenoxy) is 1. The number of benzene rings is 2. The lowest BCUT2D eigenvalue weighted by atomic mass is 9.92. The molecule has 1 fully saturated rings. The van der Waals surface area contributed by atoms with E-state index in [1.54, 1.807) is 6.07 Å². The Morgan fingerprint density at radius 2 is 2.04 bits per heavy atom. The Kier molecular flexibility index (Phi) is 3.41. The number of hydrogen-bond acceptors (Lipinski definition) is 3. The molecular formula is C18H17ClN2O2. The van der Waals surface area contributed by atoms with E-state index in [1.807, 2.05) is 49.4 Å². The largest absolute Gasteiger partial charge is 0.347 e. The summed E-state index contributed by atoms with van der Waals surface area (Å²) in [5, 5.41) is 3.59. The highest BCUT2D eigenvalue weighted by Crippen LogP contribution is 2.47. The molecule has 1 saturated heterocycles. The van der Waals surface area contributed by atoms with Crippen molar-refractivity contribution in [3.8, 4) is 0 Å². The molecule has 4 nitrogen and oxygen atoms in total. The number of amides is 1. The number of nitrogens with zero attached hydrogens (tertiary/aromatic N) is 1. The van der Waals surface area contributed by atoms with Crippen LogP contribution in [0.5, 0.6) is 0 Å². The van der Waals surface area contributed by atoms with Crippen LogP contribution in [-0.2, 0) is 15.3 Å². The fourth-order valence-electron chi connectivity index (χ4n) is 3.59. The molecule has 0 spiro atoms. The third-order valence-corrected chi connectivity index (χ3v) is 4.65. The predicted octanol–water partition coefficient (Wildman–Crippen LogP) is 3.21. The molecule has 0 aliphatic carbocycles. The number of rotatable bonds is 1. The van der Waals surface area contributed by atoms with Crippen LogP contribution >= 0.6 is 11.6 Å². The van der Waals surface area contributed by atoms with E-state index >= 15 is 0 Å². The lowest BCUT2D eigenvalue weighted by molar-refractivity contribution is -0.121. The number of hydrogen-bond donors (Lipinski definition) is 1. The van der Waals surface area contributed by atoms with Crippen molar-refractivity contribution < 1.29 is 9.53 Å². The molecule has 118 valence electrons. The first-order chi connectivity index (χ1) is 11.1. The predicted molar refractivity (Wildman–Crippen MR) is 89.4 cm³/mol. The average Bonchev–Trinajstić information content (AvgIpc) is 2.81. The van der Waals surface area contributed by atoms with Crippen molar-refractivity contribution in [2.75, 3.05) is 18.4 Å². The summed E-state index contributed by atoms with van der Waals surface area (Å²) in [6, 6.07) is 15.5. The molecular weight excluding hydrogens is 312 g/mol. The van der Waals surface area contributed by atoms with E-state index in [1.165, 1.54) is 0 Å². The van der Waals surface area contributed by atoms with E-state index in [-0.39, 0.29) is 18.6 Å². The van der Waals surface area contributed by atoms with Gasteiger partial charge in [-0.1, -0.05) is 41.9 Å². The lowest BCUT2D eigenvalue weighted by Crippen LogP contribution is -2.44. The van der Waals surface area contributed by atoms with Gasteiger partial charge in [0.05, 0.1) is 12.6 Å². The summed E-state index contributed by atoms with van der Waals surface area (Å²) in [6.45, 7) is 3.00. The smallest absolute Gasteiger partial charge is 0.238 e. The molecule has 1 amide bonds. The first-order valence-corrected chi connectivity index (χ1v) is 8.05. The van der Waals surface area contributed by atoms with Crippen LogP contribution in [0.25, 0.3) is 0 Å². The fraction of sp³-hybridized carbons (Fsp3) is 0.278. The maximum atomic E-state index is 12.3. The van der Waals surface area contributed by atoms with Crippen molar-refractivity contribution in [2.24, 2.45) is 0 Å². The van der Waals surface area contributed by atoms with Crippen LogP contribution in [0.3, 0.4) is 0 Å². The van der Waals surface area contributed by atoms with Crippen molar-refractivity contribution in [1.29, 1.82) is 0 Å². The van der Waals surface area contributed by atoms with Gasteiger partial charge < -0.3 is 10.1 Å². The van der Waals surface area contributed by atoms with Crippen LogP contribution in [0.1, 0.15) is 18.1 Å². The van der Waals surface area contributed by atoms with Gasteiger partial charge in [0, 0.05) is 28.4 Å². The van der Waals surface area contributed by atoms with Crippen molar-refractivity contribution in [3.63, 3.8) is 0 Å². The standard InChI is InChI=1S/C18H17ClN2O2/c1-12-10-21-11-17(22)20-16-8-7-14(19)9-15(16)18(21,23-12)13-5-3-2-4-6-13/h2-9,12H,10-11H2,1H3,(H,20,22)/t12-,18+/m0/s1. The zero-order chi connectivity index (χ0) is 16.0. The van der Waals surface area contributed by atoms with E-state index in [0.29, 0.717) is 11.6 Å². The molecule has 5 heteroatoms. The number of carbonyl (C=O) groups is 1. The lowest BCUT2D eigenvalue weighted by Gasteiger charge is -2.36. The average molecular weight is 329 g/mol. The summed E-state index contributed by atoms with van der Waals surface area (Å²) in [7, 11) is 0. The minimum atomic E-state index is -0.792. The molecule has 0 unspecified atom stereocenters. The van der Waals surface area contributed by atoms with Gasteiger partial charge in [0.1, 0.15) is 0 Å². The number of nitrogens with one attached hydrogen (secondary N) is 1. The summed E-state index contributed by atoms with van der Waals surface area (Å²) in [5.74, 6) is -0.0379. The van der Waals surface area contributed by atoms with Gasteiger partial charge in [-0.15, -0.1) is 0 Å². The summed E-state index contributed by atoms with van der Waals surface area (Å²) in [6.07, 6.45) is 0.0212. The van der Waals surface area contributed by atoms with Gasteiger partial charge in [-0.25, -0.2) is 0 Å². The van der Waals surface area contributed by atoms with E-state index < -0.39 is 5.72 Å². The quantitative estimate of drug-likeness (QED) is 0.874. The maximum absolute atomic E-state index is 12.3. The Labute approximate surface area is 140 Å². The highest BCUT2D eigenvalue weighted by Gasteiger charge is 2.51. The third-order valence-electron chi connectivity index (χ3n) is 4.41. The zero-order valence-electron chi connectivity index (χ0n) is 12.8. The van der Waals surface area contributed by atoms with Crippen LogP contribution in [0.2, 0.25) is 5.02 Å². The first-order valence-electron chi connectivity index (χ1n) is 7.68. The Morgan fingerprint density at radius 3 is 2.83 bits per heavy atom. The van der Waals surface area contributed by atoms with E-state index in [9.17, 15) is 4.79 Å². The van der Waals surface area contributed by atoms with Gasteiger partial charge >= 0.3 is 0 Å².